The molecule has 1 N–H and O–H groups in total. The number of nitrogens with zero attached hydrogens (tertiary/aromatic N) is 4. The van der Waals surface area contributed by atoms with Gasteiger partial charge in [-0.15, -0.1) is 5.01 Å². The van der Waals surface area contributed by atoms with E-state index >= 15 is 0 Å². The first-order valence-corrected chi connectivity index (χ1v) is 6.41. The number of imide groups is 1. The van der Waals surface area contributed by atoms with Crippen molar-refractivity contribution in [3.63, 3.8) is 0 Å². The van der Waals surface area contributed by atoms with Gasteiger partial charge in [-0.25, -0.2) is 4.90 Å². The van der Waals surface area contributed by atoms with E-state index in [4.69, 9.17) is 9.94 Å². The van der Waals surface area contributed by atoms with E-state index in [0.717, 1.165) is 9.91 Å². The van der Waals surface area contributed by atoms with Crippen molar-refractivity contribution in [3.8, 4) is 0 Å². The molecule has 10 heteroatoms. The smallest absolute Gasteiger partial charge is 0.329 e. The molecule has 118 valence electrons. The lowest BCUT2D eigenvalue weighted by molar-refractivity contribution is -0.716. The van der Waals surface area contributed by atoms with Gasteiger partial charge in [0.05, 0.1) is 11.0 Å². The van der Waals surface area contributed by atoms with E-state index < -0.39 is 36.6 Å². The summed E-state index contributed by atoms with van der Waals surface area (Å²) in [6.07, 6.45) is -0.821. The molecule has 1 atom stereocenters. The molecule has 1 rings (SSSR count). The Balaban J connectivity index is 2.70. The molecule has 0 aromatic rings. The fourth-order valence-electron chi connectivity index (χ4n) is 1.78. The molecule has 21 heavy (non-hydrogen) atoms. The number of hydrazine groups is 1. The SMILES string of the molecule is CC(ON=[N+]([O-])N(CC(=O)O)C(C)C)N1C(=O)CCC1=O. The van der Waals surface area contributed by atoms with E-state index in [9.17, 15) is 19.6 Å². The number of carbonyl (C=O) groups is 3. The van der Waals surface area contributed by atoms with Crippen molar-refractivity contribution in [2.24, 2.45) is 5.28 Å². The molecule has 1 fully saturated rings. The van der Waals surface area contributed by atoms with Gasteiger partial charge in [-0.3, -0.25) is 14.4 Å². The largest absolute Gasteiger partial charge is 0.569 e. The average molecular weight is 302 g/mol. The lowest BCUT2D eigenvalue weighted by Crippen LogP contribution is -2.42. The number of rotatable bonds is 7. The molecule has 0 radical (unpaired) electrons. The van der Waals surface area contributed by atoms with E-state index in [2.05, 4.69) is 5.28 Å². The third-order valence-electron chi connectivity index (χ3n) is 2.84. The molecule has 0 saturated carbocycles. The maximum absolute atomic E-state index is 11.7. The molecule has 0 aromatic carbocycles. The predicted molar refractivity (Wildman–Crippen MR) is 67.2 cm³/mol. The van der Waals surface area contributed by atoms with Crippen LogP contribution in [0.5, 0.6) is 0 Å². The minimum Gasteiger partial charge on any atom is -0.569 e. The highest BCUT2D eigenvalue weighted by Crippen LogP contribution is 2.16. The first kappa shape index (κ1) is 16.7. The van der Waals surface area contributed by atoms with Crippen LogP contribution < -0.4 is 0 Å². The highest BCUT2D eigenvalue weighted by molar-refractivity contribution is 6.02. The van der Waals surface area contributed by atoms with Gasteiger partial charge in [0.2, 0.25) is 23.3 Å². The Bertz CT molecular complexity index is 448. The Labute approximate surface area is 121 Å². The second-order valence-electron chi connectivity index (χ2n) is 4.78. The van der Waals surface area contributed by atoms with Crippen molar-refractivity contribution in [2.45, 2.75) is 45.9 Å². The van der Waals surface area contributed by atoms with E-state index in [1.54, 1.807) is 13.8 Å². The van der Waals surface area contributed by atoms with Crippen LogP contribution in [0.15, 0.2) is 5.28 Å². The van der Waals surface area contributed by atoms with Crippen molar-refractivity contribution in [1.82, 2.24) is 9.91 Å². The topological polar surface area (TPSA) is 126 Å². The number of carbonyl (C=O) groups excluding carboxylic acids is 2. The van der Waals surface area contributed by atoms with Crippen LogP contribution in [0.4, 0.5) is 0 Å². The van der Waals surface area contributed by atoms with Crippen molar-refractivity contribution in [3.05, 3.63) is 5.21 Å². The Morgan fingerprint density at radius 2 is 1.95 bits per heavy atom. The summed E-state index contributed by atoms with van der Waals surface area (Å²) in [4.78, 5) is 39.3. The van der Waals surface area contributed by atoms with Crippen molar-refractivity contribution in [1.29, 1.82) is 0 Å². The number of carboxylic acids is 1. The molecular formula is C11H18N4O6. The Morgan fingerprint density at radius 3 is 2.38 bits per heavy atom. The van der Waals surface area contributed by atoms with Crippen LogP contribution in [-0.4, -0.2) is 56.6 Å². The molecule has 0 bridgehead atoms. The lowest BCUT2D eigenvalue weighted by atomic mass is 10.4. The third kappa shape index (κ3) is 4.29. The van der Waals surface area contributed by atoms with Gasteiger partial charge in [0, 0.05) is 12.8 Å². The van der Waals surface area contributed by atoms with Gasteiger partial charge in [0.1, 0.15) is 0 Å². The second kappa shape index (κ2) is 6.86. The van der Waals surface area contributed by atoms with Gasteiger partial charge in [0.15, 0.2) is 6.54 Å². The molecular weight excluding hydrogens is 284 g/mol. The fourth-order valence-corrected chi connectivity index (χ4v) is 1.78. The van der Waals surface area contributed by atoms with Crippen LogP contribution in [0.1, 0.15) is 33.6 Å². The van der Waals surface area contributed by atoms with Crippen molar-refractivity contribution < 1.29 is 29.3 Å². The standard InChI is InChI=1S/C11H18N4O6/c1-7(2)13(6-11(18)19)15(20)12-21-8(3)14-9(16)4-5-10(14)17/h7-8H,4-6H2,1-3H3,(H,18,19). The summed E-state index contributed by atoms with van der Waals surface area (Å²) < 4.78 is 0. The number of hydrogen-bond acceptors (Lipinski definition) is 6. The molecule has 1 aliphatic heterocycles. The van der Waals surface area contributed by atoms with Crippen LogP contribution in [0.25, 0.3) is 0 Å². The van der Waals surface area contributed by atoms with Crippen LogP contribution in [0.2, 0.25) is 0 Å². The molecule has 1 aliphatic rings. The lowest BCUT2D eigenvalue weighted by Gasteiger charge is -2.21. The number of carboxylic acid groups (broad SMARTS) is 1. The summed E-state index contributed by atoms with van der Waals surface area (Å²) in [5, 5.41) is 24.5. The Kier molecular flexibility index (Phi) is 5.44. The van der Waals surface area contributed by atoms with Gasteiger partial charge < -0.3 is 15.2 Å². The van der Waals surface area contributed by atoms with Crippen LogP contribution in [-0.2, 0) is 19.2 Å². The van der Waals surface area contributed by atoms with Gasteiger partial charge in [-0.05, 0) is 20.8 Å². The first-order chi connectivity index (χ1) is 9.73. The summed E-state index contributed by atoms with van der Waals surface area (Å²) >= 11 is 0. The molecule has 1 unspecified atom stereocenters. The molecule has 0 aliphatic carbocycles. The molecule has 0 aromatic heterocycles. The van der Waals surface area contributed by atoms with Gasteiger partial charge in [-0.1, -0.05) is 0 Å². The maximum Gasteiger partial charge on any atom is 0.329 e. The minimum absolute atomic E-state index is 0.000308. The van der Waals surface area contributed by atoms with Crippen LogP contribution in [0.3, 0.4) is 0 Å². The minimum atomic E-state index is -1.20. The normalized spacial score (nSPS) is 17.3. The van der Waals surface area contributed by atoms with Crippen molar-refractivity contribution >= 4 is 17.8 Å². The summed E-state index contributed by atoms with van der Waals surface area (Å²) in [6, 6.07) is -0.420. The predicted octanol–water partition coefficient (Wildman–Crippen LogP) is 0.0855. The summed E-state index contributed by atoms with van der Waals surface area (Å²) in [5.74, 6) is -1.99. The third-order valence-corrected chi connectivity index (χ3v) is 2.84. The molecule has 10 nitrogen and oxygen atoms in total. The maximum atomic E-state index is 11.7. The Morgan fingerprint density at radius 1 is 1.43 bits per heavy atom. The zero-order valence-electron chi connectivity index (χ0n) is 12.1. The molecule has 1 heterocycles. The molecule has 2 amide bonds. The fraction of sp³-hybridized carbons (Fsp3) is 0.727. The van der Waals surface area contributed by atoms with Crippen molar-refractivity contribution in [2.75, 3.05) is 6.54 Å². The van der Waals surface area contributed by atoms with E-state index in [1.165, 1.54) is 6.92 Å². The summed E-state index contributed by atoms with van der Waals surface area (Å²) in [6.45, 7) is 4.07. The average Bonchev–Trinajstić information content (AvgIpc) is 2.72. The van der Waals surface area contributed by atoms with Gasteiger partial charge in [0.25, 0.3) is 0 Å². The van der Waals surface area contributed by atoms with Gasteiger partial charge in [-0.2, -0.15) is 0 Å². The molecule has 0 spiro atoms. The zero-order chi connectivity index (χ0) is 16.2. The Hall–Kier alpha value is -2.39. The van der Waals surface area contributed by atoms with E-state index in [1.807, 2.05) is 0 Å². The van der Waals surface area contributed by atoms with E-state index in [-0.39, 0.29) is 17.8 Å². The quantitative estimate of drug-likeness (QED) is 0.305. The number of amides is 2. The van der Waals surface area contributed by atoms with Gasteiger partial charge >= 0.3 is 5.97 Å². The first-order valence-electron chi connectivity index (χ1n) is 6.41. The summed E-state index contributed by atoms with van der Waals surface area (Å²) in [5.41, 5.74) is 0. The number of hydrogen-bond donors (Lipinski definition) is 1. The van der Waals surface area contributed by atoms with E-state index in [0.29, 0.717) is 0 Å². The number of likely N-dealkylation sites (tertiary alicyclic amines) is 1. The summed E-state index contributed by atoms with van der Waals surface area (Å²) in [7, 11) is 0. The van der Waals surface area contributed by atoms with Crippen LogP contribution in [0, 0.1) is 5.21 Å². The zero-order valence-corrected chi connectivity index (χ0v) is 12.1. The monoisotopic (exact) mass is 302 g/mol. The molecule has 1 saturated heterocycles. The highest BCUT2D eigenvalue weighted by Gasteiger charge is 2.34. The number of aliphatic carboxylic acids is 1. The van der Waals surface area contributed by atoms with Crippen LogP contribution >= 0.6 is 0 Å². The second-order valence-corrected chi connectivity index (χ2v) is 4.78. The highest BCUT2D eigenvalue weighted by atomic mass is 16.7.